The van der Waals surface area contributed by atoms with Crippen LogP contribution in [0, 0.1) is 6.92 Å². The molecule has 4 nitrogen and oxygen atoms in total. The quantitative estimate of drug-likeness (QED) is 0.650. The van der Waals surface area contributed by atoms with E-state index in [-0.39, 0.29) is 5.78 Å². The smallest absolute Gasteiger partial charge is 0.168 e. The Hall–Kier alpha value is -1.14. The average molecular weight is 387 g/mol. The van der Waals surface area contributed by atoms with E-state index in [4.69, 9.17) is 5.73 Å². The number of carbonyl (C=O) groups excluding carboxylic acids is 1. The predicted molar refractivity (Wildman–Crippen MR) is 82.2 cm³/mol. The summed E-state index contributed by atoms with van der Waals surface area (Å²) in [7, 11) is 1.83. The average Bonchev–Trinajstić information content (AvgIpc) is 2.59. The molecule has 0 bridgehead atoms. The molecule has 2 aromatic rings. The molecule has 6 heteroatoms. The molecule has 1 aromatic carbocycles. The lowest BCUT2D eigenvalue weighted by Crippen LogP contribution is -2.08. The molecule has 0 amide bonds. The fourth-order valence-electron chi connectivity index (χ4n) is 1.83. The zero-order valence-electron chi connectivity index (χ0n) is 10.6. The van der Waals surface area contributed by atoms with Crippen molar-refractivity contribution in [3.63, 3.8) is 0 Å². The Morgan fingerprint density at radius 1 is 1.42 bits per heavy atom. The van der Waals surface area contributed by atoms with Gasteiger partial charge in [0.2, 0.25) is 0 Å². The summed E-state index contributed by atoms with van der Waals surface area (Å²) in [6.45, 7) is 1.90. The molecule has 19 heavy (non-hydrogen) atoms. The summed E-state index contributed by atoms with van der Waals surface area (Å²) in [5, 5.41) is 4.28. The number of nitrogens with zero attached hydrogens (tertiary/aromatic N) is 2. The Labute approximate surface area is 128 Å². The maximum atomic E-state index is 12.3. The normalized spacial score (nSPS) is 10.7. The fourth-order valence-corrected chi connectivity index (χ4v) is 2.68. The SMILES string of the molecule is Cc1nn(C)c(CC(=O)c2ccc(N)c(Br)c2)c1Br. The van der Waals surface area contributed by atoms with Gasteiger partial charge in [-0.1, -0.05) is 0 Å². The first-order chi connectivity index (χ1) is 8.90. The third kappa shape index (κ3) is 2.90. The van der Waals surface area contributed by atoms with Crippen LogP contribution in [0.3, 0.4) is 0 Å². The van der Waals surface area contributed by atoms with E-state index in [2.05, 4.69) is 37.0 Å². The molecule has 100 valence electrons. The van der Waals surface area contributed by atoms with Crippen LogP contribution in [0.25, 0.3) is 0 Å². The van der Waals surface area contributed by atoms with Gasteiger partial charge in [-0.25, -0.2) is 0 Å². The van der Waals surface area contributed by atoms with Crippen LogP contribution in [0.1, 0.15) is 21.7 Å². The Balaban J connectivity index is 2.28. The molecule has 1 heterocycles. The number of nitrogen functional groups attached to an aromatic ring is 1. The molecule has 0 saturated carbocycles. The summed E-state index contributed by atoms with van der Waals surface area (Å²) < 4.78 is 3.35. The van der Waals surface area contributed by atoms with Crippen LogP contribution >= 0.6 is 31.9 Å². The van der Waals surface area contributed by atoms with E-state index in [1.165, 1.54) is 0 Å². The Kier molecular flexibility index (Phi) is 4.10. The number of halogens is 2. The molecule has 2 rings (SSSR count). The Morgan fingerprint density at radius 2 is 2.11 bits per heavy atom. The van der Waals surface area contributed by atoms with E-state index >= 15 is 0 Å². The molecular formula is C13H13Br2N3O. The van der Waals surface area contributed by atoms with Crippen molar-refractivity contribution < 1.29 is 4.79 Å². The lowest BCUT2D eigenvalue weighted by atomic mass is 10.1. The van der Waals surface area contributed by atoms with Crippen molar-refractivity contribution in [1.82, 2.24) is 9.78 Å². The number of anilines is 1. The summed E-state index contributed by atoms with van der Waals surface area (Å²) in [5.74, 6) is 0.0319. The Bertz CT molecular complexity index is 650. The first-order valence-corrected chi connectivity index (χ1v) is 7.25. The molecule has 0 spiro atoms. The van der Waals surface area contributed by atoms with Crippen molar-refractivity contribution in [2.75, 3.05) is 5.73 Å². The van der Waals surface area contributed by atoms with Crippen molar-refractivity contribution >= 4 is 43.3 Å². The third-order valence-corrected chi connectivity index (χ3v) is 4.63. The number of aryl methyl sites for hydroxylation is 2. The highest BCUT2D eigenvalue weighted by Crippen LogP contribution is 2.24. The number of hydrogen-bond donors (Lipinski definition) is 1. The zero-order valence-corrected chi connectivity index (χ0v) is 13.7. The predicted octanol–water partition coefficient (Wildman–Crippen LogP) is 3.26. The van der Waals surface area contributed by atoms with Crippen molar-refractivity contribution in [2.45, 2.75) is 13.3 Å². The monoisotopic (exact) mass is 385 g/mol. The number of carbonyl (C=O) groups is 1. The van der Waals surface area contributed by atoms with Crippen molar-refractivity contribution in [3.05, 3.63) is 44.1 Å². The van der Waals surface area contributed by atoms with Crippen LogP contribution in [0.4, 0.5) is 5.69 Å². The van der Waals surface area contributed by atoms with Gasteiger partial charge in [0.25, 0.3) is 0 Å². The lowest BCUT2D eigenvalue weighted by Gasteiger charge is -2.05. The van der Waals surface area contributed by atoms with Crippen LogP contribution in [0.2, 0.25) is 0 Å². The minimum Gasteiger partial charge on any atom is -0.398 e. The van der Waals surface area contributed by atoms with Crippen molar-refractivity contribution in [3.8, 4) is 0 Å². The molecule has 0 aliphatic rings. The van der Waals surface area contributed by atoms with E-state index in [1.54, 1.807) is 22.9 Å². The topological polar surface area (TPSA) is 60.9 Å². The Morgan fingerprint density at radius 3 is 2.63 bits per heavy atom. The molecule has 0 fully saturated rings. The highest BCUT2D eigenvalue weighted by Gasteiger charge is 2.16. The molecule has 0 unspecified atom stereocenters. The van der Waals surface area contributed by atoms with Crippen molar-refractivity contribution in [2.24, 2.45) is 7.05 Å². The van der Waals surface area contributed by atoms with Crippen LogP contribution in [-0.2, 0) is 13.5 Å². The number of rotatable bonds is 3. The summed E-state index contributed by atoms with van der Waals surface area (Å²) in [4.78, 5) is 12.3. The van der Waals surface area contributed by atoms with E-state index < -0.39 is 0 Å². The van der Waals surface area contributed by atoms with E-state index in [0.717, 1.165) is 20.3 Å². The first-order valence-electron chi connectivity index (χ1n) is 5.66. The van der Waals surface area contributed by atoms with Gasteiger partial charge in [-0.15, -0.1) is 0 Å². The van der Waals surface area contributed by atoms with Gasteiger partial charge >= 0.3 is 0 Å². The lowest BCUT2D eigenvalue weighted by molar-refractivity contribution is 0.0990. The zero-order chi connectivity index (χ0) is 14.2. The van der Waals surface area contributed by atoms with Gasteiger partial charge in [0.15, 0.2) is 5.78 Å². The highest BCUT2D eigenvalue weighted by atomic mass is 79.9. The van der Waals surface area contributed by atoms with E-state index in [9.17, 15) is 4.79 Å². The minimum absolute atomic E-state index is 0.0319. The van der Waals surface area contributed by atoms with Gasteiger partial charge < -0.3 is 5.73 Å². The maximum Gasteiger partial charge on any atom is 0.168 e. The van der Waals surface area contributed by atoms with E-state index in [0.29, 0.717) is 17.7 Å². The van der Waals surface area contributed by atoms with Crippen LogP contribution in [0.15, 0.2) is 27.1 Å². The van der Waals surface area contributed by atoms with Crippen LogP contribution in [0.5, 0.6) is 0 Å². The van der Waals surface area contributed by atoms with Gasteiger partial charge in [-0.3, -0.25) is 9.48 Å². The number of nitrogens with two attached hydrogens (primary N) is 1. The number of aromatic nitrogens is 2. The molecule has 0 aliphatic heterocycles. The second-order valence-corrected chi connectivity index (χ2v) is 5.95. The summed E-state index contributed by atoms with van der Waals surface area (Å²) in [5.41, 5.74) is 8.71. The molecule has 0 aliphatic carbocycles. The second-order valence-electron chi connectivity index (χ2n) is 4.31. The number of benzene rings is 1. The molecule has 2 N–H and O–H groups in total. The van der Waals surface area contributed by atoms with Crippen molar-refractivity contribution in [1.29, 1.82) is 0 Å². The number of hydrogen-bond acceptors (Lipinski definition) is 3. The summed E-state index contributed by atoms with van der Waals surface area (Å²) >= 11 is 6.79. The molecule has 0 atom stereocenters. The van der Waals surface area contributed by atoms with Gasteiger partial charge in [0.1, 0.15) is 0 Å². The second kappa shape index (κ2) is 5.46. The summed E-state index contributed by atoms with van der Waals surface area (Å²) in [6, 6.07) is 5.20. The van der Waals surface area contributed by atoms with Gasteiger partial charge in [-0.2, -0.15) is 5.10 Å². The molecule has 0 radical (unpaired) electrons. The van der Waals surface area contributed by atoms with Gasteiger partial charge in [0, 0.05) is 22.8 Å². The highest BCUT2D eigenvalue weighted by molar-refractivity contribution is 9.11. The standard InChI is InChI=1S/C13H13Br2N3O/c1-7-13(15)11(18(2)17-7)6-12(19)8-3-4-10(16)9(14)5-8/h3-5H,6,16H2,1-2H3. The van der Waals surface area contributed by atoms with Gasteiger partial charge in [-0.05, 0) is 57.0 Å². The number of Topliss-reactive ketones (excluding diaryl/α,β-unsaturated/α-hetero) is 1. The van der Waals surface area contributed by atoms with Crippen LogP contribution < -0.4 is 5.73 Å². The maximum absolute atomic E-state index is 12.3. The molecule has 0 saturated heterocycles. The molecular weight excluding hydrogens is 374 g/mol. The first kappa shape index (κ1) is 14.3. The number of ketones is 1. The minimum atomic E-state index is 0.0319. The summed E-state index contributed by atoms with van der Waals surface area (Å²) in [6.07, 6.45) is 0.300. The van der Waals surface area contributed by atoms with Crippen LogP contribution in [-0.4, -0.2) is 15.6 Å². The molecule has 1 aromatic heterocycles. The van der Waals surface area contributed by atoms with Gasteiger partial charge in [0.05, 0.1) is 22.3 Å². The van der Waals surface area contributed by atoms with E-state index in [1.807, 2.05) is 14.0 Å². The largest absolute Gasteiger partial charge is 0.398 e. The fraction of sp³-hybridized carbons (Fsp3) is 0.231. The third-order valence-electron chi connectivity index (χ3n) is 2.91.